The monoisotopic (exact) mass is 343 g/mol. The van der Waals surface area contributed by atoms with E-state index in [0.29, 0.717) is 12.2 Å². The summed E-state index contributed by atoms with van der Waals surface area (Å²) < 4.78 is 2.87. The van der Waals surface area contributed by atoms with Gasteiger partial charge < -0.3 is 9.67 Å². The molecule has 106 valence electrons. The van der Waals surface area contributed by atoms with Crippen LogP contribution in [0, 0.1) is 0 Å². The van der Waals surface area contributed by atoms with Gasteiger partial charge in [0.25, 0.3) is 0 Å². The summed E-state index contributed by atoms with van der Waals surface area (Å²) in [5, 5.41) is 11.5. The molecule has 0 aliphatic heterocycles. The maximum Gasteiger partial charge on any atom is 0.352 e. The maximum absolute atomic E-state index is 11.3. The minimum atomic E-state index is -0.899. The number of aromatic carboxylic acids is 1. The highest BCUT2D eigenvalue weighted by atomic mass is 79.9. The normalized spacial score (nSPS) is 11.0. The molecular weight excluding hydrogens is 330 g/mol. The second kappa shape index (κ2) is 5.37. The molecule has 0 radical (unpaired) electrons. The first-order valence-electron chi connectivity index (χ1n) is 6.74. The molecule has 0 spiro atoms. The van der Waals surface area contributed by atoms with Crippen molar-refractivity contribution in [2.24, 2.45) is 0 Å². The highest BCUT2D eigenvalue weighted by Crippen LogP contribution is 2.34. The van der Waals surface area contributed by atoms with Crippen LogP contribution in [0.5, 0.6) is 0 Å². The molecule has 3 rings (SSSR count). The second-order valence-electron chi connectivity index (χ2n) is 4.79. The molecule has 0 unspecified atom stereocenters. The number of halogens is 1. The molecule has 1 aromatic heterocycles. The molecule has 1 N–H and O–H groups in total. The lowest BCUT2D eigenvalue weighted by molar-refractivity contribution is 0.0685. The van der Waals surface area contributed by atoms with E-state index in [2.05, 4.69) is 28.1 Å². The second-order valence-corrected chi connectivity index (χ2v) is 5.65. The number of fused-ring (bicyclic) bond motifs is 1. The minimum Gasteiger partial charge on any atom is -0.477 e. The van der Waals surface area contributed by atoms with Crippen LogP contribution < -0.4 is 0 Å². The zero-order valence-corrected chi connectivity index (χ0v) is 13.1. The fraction of sp³-hybridized carbons (Fsp3) is 0.118. The van der Waals surface area contributed by atoms with Gasteiger partial charge in [-0.2, -0.15) is 0 Å². The van der Waals surface area contributed by atoms with Crippen LogP contribution in [0.3, 0.4) is 0 Å². The summed E-state index contributed by atoms with van der Waals surface area (Å²) >= 11 is 3.57. The van der Waals surface area contributed by atoms with Crippen molar-refractivity contribution < 1.29 is 9.90 Å². The SMILES string of the molecule is CCn1c(C(=O)O)ccc1-c1ccc(Br)c2ccccc12. The predicted octanol–water partition coefficient (Wildman–Crippen LogP) is 4.79. The van der Waals surface area contributed by atoms with Gasteiger partial charge in [-0.05, 0) is 35.9 Å². The first-order chi connectivity index (χ1) is 10.1. The fourth-order valence-corrected chi connectivity index (χ4v) is 3.19. The summed E-state index contributed by atoms with van der Waals surface area (Å²) in [6.07, 6.45) is 0. The van der Waals surface area contributed by atoms with Crippen LogP contribution in [-0.2, 0) is 6.54 Å². The lowest BCUT2D eigenvalue weighted by Crippen LogP contribution is -2.08. The Kier molecular flexibility index (Phi) is 3.55. The van der Waals surface area contributed by atoms with Gasteiger partial charge in [0.2, 0.25) is 0 Å². The van der Waals surface area contributed by atoms with E-state index in [4.69, 9.17) is 0 Å². The Hall–Kier alpha value is -2.07. The first-order valence-corrected chi connectivity index (χ1v) is 7.53. The highest BCUT2D eigenvalue weighted by molar-refractivity contribution is 9.10. The standard InChI is InChI=1S/C17H14BrNO2/c1-2-19-15(9-10-16(19)17(20)21)13-7-8-14(18)12-6-4-3-5-11(12)13/h3-10H,2H2,1H3,(H,20,21). The Morgan fingerprint density at radius 1 is 1.10 bits per heavy atom. The third kappa shape index (κ3) is 2.25. The van der Waals surface area contributed by atoms with Crippen LogP contribution in [-0.4, -0.2) is 15.6 Å². The van der Waals surface area contributed by atoms with Gasteiger partial charge in [0, 0.05) is 22.3 Å². The molecule has 0 fully saturated rings. The van der Waals surface area contributed by atoms with Gasteiger partial charge in [-0.25, -0.2) is 4.79 Å². The molecule has 0 atom stereocenters. The molecule has 0 saturated heterocycles. The number of hydrogen-bond donors (Lipinski definition) is 1. The predicted molar refractivity (Wildman–Crippen MR) is 87.7 cm³/mol. The molecule has 0 amide bonds. The van der Waals surface area contributed by atoms with Gasteiger partial charge in [0.05, 0.1) is 0 Å². The van der Waals surface area contributed by atoms with Crippen LogP contribution in [0.2, 0.25) is 0 Å². The number of hydrogen-bond acceptors (Lipinski definition) is 1. The average Bonchev–Trinajstić information content (AvgIpc) is 2.92. The average molecular weight is 344 g/mol. The van der Waals surface area contributed by atoms with E-state index in [1.807, 2.05) is 41.8 Å². The third-order valence-corrected chi connectivity index (χ3v) is 4.35. The van der Waals surface area contributed by atoms with Gasteiger partial charge in [-0.15, -0.1) is 0 Å². The van der Waals surface area contributed by atoms with Gasteiger partial charge in [-0.3, -0.25) is 0 Å². The number of carbonyl (C=O) groups is 1. The van der Waals surface area contributed by atoms with Gasteiger partial charge >= 0.3 is 5.97 Å². The summed E-state index contributed by atoms with van der Waals surface area (Å²) in [6, 6.07) is 15.7. The first kappa shape index (κ1) is 13.9. The number of carboxylic acid groups (broad SMARTS) is 1. The smallest absolute Gasteiger partial charge is 0.352 e. The van der Waals surface area contributed by atoms with Crippen LogP contribution in [0.25, 0.3) is 22.0 Å². The summed E-state index contributed by atoms with van der Waals surface area (Å²) in [6.45, 7) is 2.57. The quantitative estimate of drug-likeness (QED) is 0.742. The Labute approximate surface area is 131 Å². The Balaban J connectivity index is 2.31. The lowest BCUT2D eigenvalue weighted by Gasteiger charge is -2.12. The number of rotatable bonds is 3. The molecule has 0 aliphatic rings. The summed E-state index contributed by atoms with van der Waals surface area (Å²) in [5.74, 6) is -0.899. The van der Waals surface area contributed by atoms with Crippen LogP contribution in [0.15, 0.2) is 53.0 Å². The van der Waals surface area contributed by atoms with Gasteiger partial charge in [0.1, 0.15) is 5.69 Å². The number of aromatic nitrogens is 1. The molecule has 0 bridgehead atoms. The van der Waals surface area contributed by atoms with Crippen molar-refractivity contribution in [2.75, 3.05) is 0 Å². The number of nitrogens with zero attached hydrogens (tertiary/aromatic N) is 1. The summed E-state index contributed by atoms with van der Waals surface area (Å²) in [5.41, 5.74) is 2.29. The molecule has 21 heavy (non-hydrogen) atoms. The third-order valence-electron chi connectivity index (χ3n) is 3.66. The fourth-order valence-electron chi connectivity index (χ4n) is 2.72. The molecular formula is C17H14BrNO2. The van der Waals surface area contributed by atoms with E-state index in [1.54, 1.807) is 6.07 Å². The van der Waals surface area contributed by atoms with E-state index >= 15 is 0 Å². The van der Waals surface area contributed by atoms with Crippen molar-refractivity contribution in [1.82, 2.24) is 4.57 Å². The van der Waals surface area contributed by atoms with Crippen LogP contribution in [0.1, 0.15) is 17.4 Å². The summed E-state index contributed by atoms with van der Waals surface area (Å²) in [4.78, 5) is 11.3. The van der Waals surface area contributed by atoms with E-state index in [9.17, 15) is 9.90 Å². The largest absolute Gasteiger partial charge is 0.477 e. The molecule has 0 aliphatic carbocycles. The Morgan fingerprint density at radius 2 is 1.81 bits per heavy atom. The van der Waals surface area contributed by atoms with Crippen molar-refractivity contribution >= 4 is 32.7 Å². The minimum absolute atomic E-state index is 0.319. The molecule has 3 aromatic rings. The molecule has 4 heteroatoms. The van der Waals surface area contributed by atoms with E-state index < -0.39 is 5.97 Å². The van der Waals surface area contributed by atoms with Gasteiger partial charge in [0.15, 0.2) is 0 Å². The van der Waals surface area contributed by atoms with Crippen molar-refractivity contribution in [3.63, 3.8) is 0 Å². The Bertz CT molecular complexity index is 836. The van der Waals surface area contributed by atoms with E-state index in [1.165, 1.54) is 0 Å². The Morgan fingerprint density at radius 3 is 2.48 bits per heavy atom. The zero-order chi connectivity index (χ0) is 15.0. The van der Waals surface area contributed by atoms with Crippen molar-refractivity contribution in [3.05, 3.63) is 58.7 Å². The van der Waals surface area contributed by atoms with Crippen LogP contribution in [0.4, 0.5) is 0 Å². The highest BCUT2D eigenvalue weighted by Gasteiger charge is 2.15. The van der Waals surface area contributed by atoms with Gasteiger partial charge in [-0.1, -0.05) is 46.3 Å². The number of benzene rings is 2. The van der Waals surface area contributed by atoms with Crippen molar-refractivity contribution in [3.8, 4) is 11.3 Å². The molecule has 0 saturated carbocycles. The van der Waals surface area contributed by atoms with E-state index in [-0.39, 0.29) is 0 Å². The molecule has 2 aromatic carbocycles. The lowest BCUT2D eigenvalue weighted by atomic mass is 10.0. The van der Waals surface area contributed by atoms with E-state index in [0.717, 1.165) is 26.5 Å². The summed E-state index contributed by atoms with van der Waals surface area (Å²) in [7, 11) is 0. The number of carboxylic acids is 1. The zero-order valence-electron chi connectivity index (χ0n) is 11.5. The maximum atomic E-state index is 11.3. The topological polar surface area (TPSA) is 42.2 Å². The van der Waals surface area contributed by atoms with Crippen LogP contribution >= 0.6 is 15.9 Å². The van der Waals surface area contributed by atoms with Crippen molar-refractivity contribution in [1.29, 1.82) is 0 Å². The van der Waals surface area contributed by atoms with Crippen molar-refractivity contribution in [2.45, 2.75) is 13.5 Å². The molecule has 3 nitrogen and oxygen atoms in total. The molecule has 1 heterocycles.